The number of carbonyl (C=O) groups excluding carboxylic acids is 2. The van der Waals surface area contributed by atoms with Crippen LogP contribution >= 0.6 is 0 Å². The minimum atomic E-state index is -0.341. The summed E-state index contributed by atoms with van der Waals surface area (Å²) in [6.07, 6.45) is 4.79. The summed E-state index contributed by atoms with van der Waals surface area (Å²) in [6, 6.07) is 15.4. The van der Waals surface area contributed by atoms with Crippen LogP contribution in [0.3, 0.4) is 0 Å². The van der Waals surface area contributed by atoms with E-state index in [0.717, 1.165) is 34.4 Å². The van der Waals surface area contributed by atoms with Crippen LogP contribution in [0.5, 0.6) is 0 Å². The minimum absolute atomic E-state index is 0.341. The minimum Gasteiger partial charge on any atom is -0.466 e. The van der Waals surface area contributed by atoms with E-state index in [2.05, 4.69) is 9.98 Å². The third-order valence-electron chi connectivity index (χ3n) is 4.53. The van der Waals surface area contributed by atoms with Gasteiger partial charge in [0.2, 0.25) is 0 Å². The standard InChI is InChI=1S/C22H16N2O3/c1-27-22(26)18-10-11-19-20(12-18)24-21(23-19)17-8-6-16(7-9-17)15-4-2-14(13-25)3-5-15/h2-11,13H,12H2,1H3. The zero-order valence-electron chi connectivity index (χ0n) is 14.7. The van der Waals surface area contributed by atoms with Gasteiger partial charge in [0, 0.05) is 23.1 Å². The highest BCUT2D eigenvalue weighted by molar-refractivity contribution is 6.20. The third-order valence-corrected chi connectivity index (χ3v) is 4.53. The van der Waals surface area contributed by atoms with E-state index in [1.807, 2.05) is 36.4 Å². The number of hydrogen-bond acceptors (Lipinski definition) is 5. The lowest BCUT2D eigenvalue weighted by molar-refractivity contribution is -0.136. The highest BCUT2D eigenvalue weighted by Crippen LogP contribution is 2.26. The molecule has 5 heteroatoms. The van der Waals surface area contributed by atoms with Gasteiger partial charge in [-0.25, -0.2) is 14.8 Å². The lowest BCUT2D eigenvalue weighted by atomic mass is 10.0. The predicted octanol–water partition coefficient (Wildman–Crippen LogP) is 3.75. The molecule has 2 aliphatic rings. The number of aldehydes is 1. The molecule has 0 N–H and O–H groups in total. The quantitative estimate of drug-likeness (QED) is 0.619. The molecule has 0 amide bonds. The topological polar surface area (TPSA) is 68.1 Å². The van der Waals surface area contributed by atoms with Crippen LogP contribution in [0.1, 0.15) is 22.3 Å². The Bertz CT molecular complexity index is 1040. The number of methoxy groups -OCH3 is 1. The molecule has 5 nitrogen and oxygen atoms in total. The van der Waals surface area contributed by atoms with E-state index in [0.29, 0.717) is 23.4 Å². The summed E-state index contributed by atoms with van der Waals surface area (Å²) in [7, 11) is 1.37. The number of fused-ring (bicyclic) bond motifs is 1. The first kappa shape index (κ1) is 16.8. The molecule has 0 atom stereocenters. The normalized spacial score (nSPS) is 15.1. The van der Waals surface area contributed by atoms with Crippen molar-refractivity contribution in [2.75, 3.05) is 7.11 Å². The lowest BCUT2D eigenvalue weighted by Gasteiger charge is -2.09. The van der Waals surface area contributed by atoms with Crippen LogP contribution in [0.15, 0.2) is 81.9 Å². The second-order valence-corrected chi connectivity index (χ2v) is 6.22. The zero-order chi connectivity index (χ0) is 18.8. The summed E-state index contributed by atoms with van der Waals surface area (Å²) in [5.41, 5.74) is 5.79. The van der Waals surface area contributed by atoms with Gasteiger partial charge in [-0.05, 0) is 23.3 Å². The van der Waals surface area contributed by atoms with E-state index in [1.165, 1.54) is 7.11 Å². The van der Waals surface area contributed by atoms with E-state index in [-0.39, 0.29) is 5.97 Å². The van der Waals surface area contributed by atoms with Gasteiger partial charge in [-0.15, -0.1) is 0 Å². The molecular formula is C22H16N2O3. The van der Waals surface area contributed by atoms with Gasteiger partial charge in [-0.1, -0.05) is 48.5 Å². The average Bonchev–Trinajstić information content (AvgIpc) is 3.16. The van der Waals surface area contributed by atoms with Crippen LogP contribution in [-0.4, -0.2) is 30.9 Å². The Hall–Kier alpha value is -3.60. The molecule has 0 radical (unpaired) electrons. The molecule has 0 saturated heterocycles. The van der Waals surface area contributed by atoms with E-state index in [9.17, 15) is 9.59 Å². The third kappa shape index (κ3) is 3.27. The maximum atomic E-state index is 11.7. The molecule has 1 aliphatic heterocycles. The number of nitrogens with zero attached hydrogens (tertiary/aromatic N) is 2. The van der Waals surface area contributed by atoms with Gasteiger partial charge in [0.05, 0.1) is 18.5 Å². The first-order valence-electron chi connectivity index (χ1n) is 8.50. The Kier molecular flexibility index (Phi) is 4.34. The fraction of sp³-hybridized carbons (Fsp3) is 0.0909. The van der Waals surface area contributed by atoms with Gasteiger partial charge >= 0.3 is 5.97 Å². The first-order valence-corrected chi connectivity index (χ1v) is 8.50. The molecule has 0 saturated carbocycles. The number of ether oxygens (including phenoxy) is 1. The van der Waals surface area contributed by atoms with Crippen molar-refractivity contribution in [3.05, 3.63) is 83.1 Å². The number of amidine groups is 1. The molecule has 2 aromatic rings. The lowest BCUT2D eigenvalue weighted by Crippen LogP contribution is -2.12. The summed E-state index contributed by atoms with van der Waals surface area (Å²) in [4.78, 5) is 31.6. The Morgan fingerprint density at radius 2 is 1.56 bits per heavy atom. The molecule has 2 aromatic carbocycles. The van der Waals surface area contributed by atoms with Gasteiger partial charge < -0.3 is 4.74 Å². The summed E-state index contributed by atoms with van der Waals surface area (Å²) >= 11 is 0. The smallest absolute Gasteiger partial charge is 0.334 e. The van der Waals surface area contributed by atoms with Gasteiger partial charge in [0.1, 0.15) is 6.29 Å². The van der Waals surface area contributed by atoms with Gasteiger partial charge in [0.25, 0.3) is 0 Å². The number of rotatable bonds is 4. The number of hydrogen-bond donors (Lipinski definition) is 0. The van der Waals surface area contributed by atoms with Gasteiger partial charge in [-0.2, -0.15) is 0 Å². The van der Waals surface area contributed by atoms with Crippen molar-refractivity contribution in [2.45, 2.75) is 6.42 Å². The van der Waals surface area contributed by atoms with E-state index in [1.54, 1.807) is 24.3 Å². The van der Waals surface area contributed by atoms with Crippen molar-refractivity contribution < 1.29 is 14.3 Å². The van der Waals surface area contributed by atoms with E-state index in [4.69, 9.17) is 4.74 Å². The SMILES string of the molecule is COC(=O)C1=CC=C2N=C(c3ccc(-c4ccc(C=O)cc4)cc3)N=C2C1. The van der Waals surface area contributed by atoms with Crippen molar-refractivity contribution in [2.24, 2.45) is 9.98 Å². The highest BCUT2D eigenvalue weighted by atomic mass is 16.5. The molecule has 1 heterocycles. The largest absolute Gasteiger partial charge is 0.466 e. The fourth-order valence-corrected chi connectivity index (χ4v) is 3.04. The Morgan fingerprint density at radius 1 is 0.926 bits per heavy atom. The fourth-order valence-electron chi connectivity index (χ4n) is 3.04. The molecule has 4 rings (SSSR count). The predicted molar refractivity (Wildman–Crippen MR) is 104 cm³/mol. The van der Waals surface area contributed by atoms with Crippen LogP contribution < -0.4 is 0 Å². The monoisotopic (exact) mass is 356 g/mol. The Morgan fingerprint density at radius 3 is 2.19 bits per heavy atom. The summed E-state index contributed by atoms with van der Waals surface area (Å²) in [5.74, 6) is 0.296. The number of benzene rings is 2. The van der Waals surface area contributed by atoms with Gasteiger partial charge in [-0.3, -0.25) is 4.79 Å². The van der Waals surface area contributed by atoms with Crippen molar-refractivity contribution in [1.29, 1.82) is 0 Å². The van der Waals surface area contributed by atoms with Gasteiger partial charge in [0.15, 0.2) is 5.84 Å². The molecule has 132 valence electrons. The Balaban J connectivity index is 1.55. The molecule has 27 heavy (non-hydrogen) atoms. The highest BCUT2D eigenvalue weighted by Gasteiger charge is 2.24. The molecule has 1 aliphatic carbocycles. The Labute approximate surface area is 156 Å². The second kappa shape index (κ2) is 6.96. The van der Waals surface area contributed by atoms with Crippen LogP contribution in [-0.2, 0) is 9.53 Å². The summed E-state index contributed by atoms with van der Waals surface area (Å²) in [6.45, 7) is 0. The van der Waals surface area contributed by atoms with E-state index < -0.39 is 0 Å². The molecular weight excluding hydrogens is 340 g/mol. The van der Waals surface area contributed by atoms with Crippen molar-refractivity contribution in [3.63, 3.8) is 0 Å². The van der Waals surface area contributed by atoms with Crippen molar-refractivity contribution in [1.82, 2.24) is 0 Å². The van der Waals surface area contributed by atoms with Crippen molar-refractivity contribution >= 4 is 23.8 Å². The van der Waals surface area contributed by atoms with Crippen LogP contribution in [0.25, 0.3) is 11.1 Å². The van der Waals surface area contributed by atoms with Crippen LogP contribution in [0, 0.1) is 0 Å². The number of allylic oxidation sites excluding steroid dienone is 3. The summed E-state index contributed by atoms with van der Waals surface area (Å²) in [5, 5.41) is 0. The number of esters is 1. The summed E-state index contributed by atoms with van der Waals surface area (Å²) < 4.78 is 4.77. The maximum absolute atomic E-state index is 11.7. The number of aliphatic imine (C=N–C) groups is 2. The van der Waals surface area contributed by atoms with E-state index >= 15 is 0 Å². The van der Waals surface area contributed by atoms with Crippen LogP contribution in [0.2, 0.25) is 0 Å². The molecule has 0 aromatic heterocycles. The number of carbonyl (C=O) groups is 2. The van der Waals surface area contributed by atoms with Crippen molar-refractivity contribution in [3.8, 4) is 11.1 Å². The maximum Gasteiger partial charge on any atom is 0.334 e. The zero-order valence-corrected chi connectivity index (χ0v) is 14.7. The molecule has 0 bridgehead atoms. The second-order valence-electron chi connectivity index (χ2n) is 6.22. The molecule has 0 spiro atoms. The first-order chi connectivity index (χ1) is 13.2. The average molecular weight is 356 g/mol. The van der Waals surface area contributed by atoms with Crippen LogP contribution in [0.4, 0.5) is 0 Å². The molecule has 0 fully saturated rings. The molecule has 0 unspecified atom stereocenters.